The van der Waals surface area contributed by atoms with Gasteiger partial charge in [0.05, 0.1) is 6.61 Å². The Morgan fingerprint density at radius 2 is 1.27 bits per heavy atom. The first kappa shape index (κ1) is 26.8. The van der Waals surface area contributed by atoms with E-state index in [0.717, 1.165) is 35.1 Å². The molecule has 0 spiro atoms. The molecule has 2 rings (SSSR count). The molecule has 0 unspecified atom stereocenters. The van der Waals surface area contributed by atoms with Gasteiger partial charge in [0.2, 0.25) is 0 Å². The van der Waals surface area contributed by atoms with E-state index in [2.05, 4.69) is 67.5 Å². The third-order valence-electron chi connectivity index (χ3n) is 6.47. The zero-order valence-corrected chi connectivity index (χ0v) is 21.7. The van der Waals surface area contributed by atoms with Gasteiger partial charge in [0.15, 0.2) is 0 Å². The Bertz CT molecular complexity index is 897. The second-order valence-electron chi connectivity index (χ2n) is 11.4. The van der Waals surface area contributed by atoms with Gasteiger partial charge in [-0.25, -0.2) is 0 Å². The van der Waals surface area contributed by atoms with E-state index in [1.165, 1.54) is 0 Å². The summed E-state index contributed by atoms with van der Waals surface area (Å²) < 4.78 is 5.42. The van der Waals surface area contributed by atoms with Crippen molar-refractivity contribution in [3.63, 3.8) is 0 Å². The lowest BCUT2D eigenvalue weighted by atomic mass is 9.70. The highest BCUT2D eigenvalue weighted by Gasteiger charge is 2.33. The van der Waals surface area contributed by atoms with Gasteiger partial charge < -0.3 is 14.9 Å². The number of phenols is 2. The van der Waals surface area contributed by atoms with Crippen LogP contribution in [0, 0.1) is 0 Å². The first-order chi connectivity index (χ1) is 15.2. The Kier molecular flexibility index (Phi) is 8.27. The Morgan fingerprint density at radius 3 is 1.67 bits per heavy atom. The number of ether oxygens (including phenoxy) is 1. The lowest BCUT2D eigenvalue weighted by Gasteiger charge is -2.34. The van der Waals surface area contributed by atoms with Crippen molar-refractivity contribution in [2.75, 3.05) is 6.61 Å². The SMILES string of the molecule is CCCCOC(=O)CCC(C)(c1ccc(O)c(C(C)(C)C)c1)c1ccc(O)c(C(C)(C)C)c1. The zero-order valence-electron chi connectivity index (χ0n) is 21.7. The van der Waals surface area contributed by atoms with Crippen molar-refractivity contribution >= 4 is 5.97 Å². The highest BCUT2D eigenvalue weighted by molar-refractivity contribution is 5.69. The molecule has 0 amide bonds. The van der Waals surface area contributed by atoms with Crippen LogP contribution in [0.15, 0.2) is 36.4 Å². The second kappa shape index (κ2) is 10.2. The van der Waals surface area contributed by atoms with Crippen molar-refractivity contribution in [3.8, 4) is 11.5 Å². The van der Waals surface area contributed by atoms with Gasteiger partial charge in [-0.1, -0.05) is 86.1 Å². The average molecular weight is 455 g/mol. The van der Waals surface area contributed by atoms with Crippen molar-refractivity contribution in [1.82, 2.24) is 0 Å². The minimum Gasteiger partial charge on any atom is -0.508 e. The van der Waals surface area contributed by atoms with Crippen LogP contribution >= 0.6 is 0 Å². The first-order valence-corrected chi connectivity index (χ1v) is 12.0. The summed E-state index contributed by atoms with van der Waals surface area (Å²) in [5.74, 6) is 0.349. The van der Waals surface area contributed by atoms with Gasteiger partial charge in [0.1, 0.15) is 11.5 Å². The maximum atomic E-state index is 12.5. The molecule has 0 heterocycles. The normalized spacial score (nSPS) is 12.6. The van der Waals surface area contributed by atoms with Crippen molar-refractivity contribution in [3.05, 3.63) is 58.7 Å². The van der Waals surface area contributed by atoms with E-state index in [9.17, 15) is 15.0 Å². The van der Waals surface area contributed by atoms with Crippen LogP contribution in [-0.4, -0.2) is 22.8 Å². The molecule has 182 valence electrons. The molecule has 0 aliphatic carbocycles. The van der Waals surface area contributed by atoms with Gasteiger partial charge in [-0.15, -0.1) is 0 Å². The van der Waals surface area contributed by atoms with Crippen molar-refractivity contribution in [2.24, 2.45) is 0 Å². The monoisotopic (exact) mass is 454 g/mol. The topological polar surface area (TPSA) is 66.8 Å². The molecular weight excluding hydrogens is 412 g/mol. The van der Waals surface area contributed by atoms with Crippen LogP contribution in [0.25, 0.3) is 0 Å². The maximum Gasteiger partial charge on any atom is 0.305 e. The molecule has 0 saturated heterocycles. The first-order valence-electron chi connectivity index (χ1n) is 12.0. The van der Waals surface area contributed by atoms with Crippen LogP contribution in [0.2, 0.25) is 0 Å². The fourth-order valence-electron chi connectivity index (χ4n) is 4.17. The molecule has 0 aromatic heterocycles. The molecule has 0 aliphatic rings. The number of hydrogen-bond donors (Lipinski definition) is 2. The molecule has 0 radical (unpaired) electrons. The average Bonchev–Trinajstić information content (AvgIpc) is 2.71. The van der Waals surface area contributed by atoms with Crippen LogP contribution in [0.1, 0.15) is 103 Å². The van der Waals surface area contributed by atoms with Gasteiger partial charge in [-0.3, -0.25) is 4.79 Å². The highest BCUT2D eigenvalue weighted by atomic mass is 16.5. The summed E-state index contributed by atoms with van der Waals surface area (Å²) in [7, 11) is 0. The van der Waals surface area contributed by atoms with Crippen molar-refractivity contribution in [2.45, 2.75) is 97.3 Å². The summed E-state index contributed by atoms with van der Waals surface area (Å²) in [6.45, 7) is 17.1. The molecule has 0 aliphatic heterocycles. The van der Waals surface area contributed by atoms with Crippen molar-refractivity contribution < 1.29 is 19.7 Å². The Hall–Kier alpha value is -2.49. The summed E-state index contributed by atoms with van der Waals surface area (Å²) in [5, 5.41) is 21.1. The van der Waals surface area contributed by atoms with E-state index in [-0.39, 0.29) is 34.7 Å². The Morgan fingerprint density at radius 1 is 0.818 bits per heavy atom. The number of hydrogen-bond acceptors (Lipinski definition) is 4. The van der Waals surface area contributed by atoms with Crippen LogP contribution in [0.5, 0.6) is 11.5 Å². The highest BCUT2D eigenvalue weighted by Crippen LogP contribution is 2.43. The largest absolute Gasteiger partial charge is 0.508 e. The molecule has 33 heavy (non-hydrogen) atoms. The number of phenolic OH excluding ortho intramolecular Hbond substituents is 2. The molecule has 2 N–H and O–H groups in total. The van der Waals surface area contributed by atoms with Gasteiger partial charge in [-0.05, 0) is 58.1 Å². The molecule has 2 aromatic rings. The Labute approximate surface area is 200 Å². The molecular formula is C29H42O4. The lowest BCUT2D eigenvalue weighted by Crippen LogP contribution is -2.27. The van der Waals surface area contributed by atoms with Crippen LogP contribution < -0.4 is 0 Å². The lowest BCUT2D eigenvalue weighted by molar-refractivity contribution is -0.144. The summed E-state index contributed by atoms with van der Waals surface area (Å²) in [4.78, 5) is 12.5. The van der Waals surface area contributed by atoms with Gasteiger partial charge in [-0.2, -0.15) is 0 Å². The van der Waals surface area contributed by atoms with Crippen LogP contribution in [0.3, 0.4) is 0 Å². The standard InChI is InChI=1S/C29H42O4/c1-9-10-17-33-26(32)15-16-29(8,20-11-13-24(30)22(18-20)27(2,3)4)21-12-14-25(31)23(19-21)28(5,6)7/h11-14,18-19,30-31H,9-10,15-17H2,1-8H3. The number of benzene rings is 2. The predicted molar refractivity (Wildman–Crippen MR) is 135 cm³/mol. The quantitative estimate of drug-likeness (QED) is 0.329. The second-order valence-corrected chi connectivity index (χ2v) is 11.4. The number of rotatable bonds is 8. The minimum absolute atomic E-state index is 0.195. The van der Waals surface area contributed by atoms with Gasteiger partial charge >= 0.3 is 5.97 Å². The van der Waals surface area contributed by atoms with E-state index in [1.54, 1.807) is 12.1 Å². The summed E-state index contributed by atoms with van der Waals surface area (Å²) in [5.41, 5.74) is 2.81. The minimum atomic E-state index is -0.509. The third-order valence-corrected chi connectivity index (χ3v) is 6.47. The van der Waals surface area contributed by atoms with E-state index in [0.29, 0.717) is 13.0 Å². The van der Waals surface area contributed by atoms with Gasteiger partial charge in [0, 0.05) is 11.8 Å². The van der Waals surface area contributed by atoms with Crippen LogP contribution in [-0.2, 0) is 25.8 Å². The van der Waals surface area contributed by atoms with E-state index in [1.807, 2.05) is 12.1 Å². The van der Waals surface area contributed by atoms with E-state index < -0.39 is 5.41 Å². The number of carbonyl (C=O) groups is 1. The fourth-order valence-corrected chi connectivity index (χ4v) is 4.17. The molecule has 0 fully saturated rings. The summed E-state index contributed by atoms with van der Waals surface area (Å²) >= 11 is 0. The maximum absolute atomic E-state index is 12.5. The number of carbonyl (C=O) groups excluding carboxylic acids is 1. The van der Waals surface area contributed by atoms with Crippen LogP contribution in [0.4, 0.5) is 0 Å². The summed E-state index contributed by atoms with van der Waals surface area (Å²) in [6.07, 6.45) is 2.69. The van der Waals surface area contributed by atoms with E-state index >= 15 is 0 Å². The molecule has 0 atom stereocenters. The van der Waals surface area contributed by atoms with Gasteiger partial charge in [0.25, 0.3) is 0 Å². The molecule has 0 bridgehead atoms. The fraction of sp³-hybridized carbons (Fsp3) is 0.552. The third kappa shape index (κ3) is 6.52. The predicted octanol–water partition coefficient (Wildman–Crippen LogP) is 7.12. The Balaban J connectivity index is 2.57. The number of unbranched alkanes of at least 4 members (excludes halogenated alkanes) is 1. The molecule has 0 saturated carbocycles. The smallest absolute Gasteiger partial charge is 0.305 e. The molecule has 2 aromatic carbocycles. The zero-order chi connectivity index (χ0) is 25.0. The molecule has 4 heteroatoms. The summed E-state index contributed by atoms with van der Waals surface area (Å²) in [6, 6.07) is 11.5. The number of aromatic hydroxyl groups is 2. The molecule has 4 nitrogen and oxygen atoms in total. The van der Waals surface area contributed by atoms with Crippen molar-refractivity contribution in [1.29, 1.82) is 0 Å². The van der Waals surface area contributed by atoms with E-state index in [4.69, 9.17) is 4.74 Å². The number of esters is 1.